The molecule has 4 N–H and O–H groups in total. The zero-order valence-corrected chi connectivity index (χ0v) is 22.5. The lowest BCUT2D eigenvalue weighted by atomic mass is 10.0. The van der Waals surface area contributed by atoms with E-state index < -0.39 is 34.4 Å². The second kappa shape index (κ2) is 12.4. The van der Waals surface area contributed by atoms with Crippen LogP contribution < -0.4 is 11.1 Å². The molecule has 0 aromatic heterocycles. The number of carbonyl (C=O) groups excluding carboxylic acids is 1. The first kappa shape index (κ1) is 28.3. The number of hydrogen-bond acceptors (Lipinski definition) is 8. The topological polar surface area (TPSA) is 140 Å². The molecule has 2 aliphatic heterocycles. The Morgan fingerprint density at radius 2 is 1.84 bits per heavy atom. The highest BCUT2D eigenvalue weighted by molar-refractivity contribution is 7.89. The number of nitrogens with zero attached hydrogens (tertiary/aromatic N) is 1. The van der Waals surface area contributed by atoms with Crippen LogP contribution in [0.15, 0.2) is 59.5 Å². The van der Waals surface area contributed by atoms with Crippen molar-refractivity contribution in [2.24, 2.45) is 11.8 Å². The Morgan fingerprint density at radius 3 is 2.53 bits per heavy atom. The van der Waals surface area contributed by atoms with Gasteiger partial charge in [-0.25, -0.2) is 13.2 Å². The van der Waals surface area contributed by atoms with Crippen LogP contribution in [0.25, 0.3) is 0 Å². The molecule has 2 aromatic rings. The molecular weight excluding hydrogens is 510 g/mol. The molecule has 0 spiro atoms. The van der Waals surface area contributed by atoms with E-state index in [2.05, 4.69) is 5.32 Å². The summed E-state index contributed by atoms with van der Waals surface area (Å²) in [6, 6.07) is 14.5. The molecule has 38 heavy (non-hydrogen) atoms. The van der Waals surface area contributed by atoms with Gasteiger partial charge in [-0.15, -0.1) is 0 Å². The summed E-state index contributed by atoms with van der Waals surface area (Å²) < 4.78 is 44.9. The Kier molecular flexibility index (Phi) is 9.27. The van der Waals surface area contributed by atoms with Crippen LogP contribution in [0, 0.1) is 11.8 Å². The smallest absolute Gasteiger partial charge is 0.407 e. The number of carbonyl (C=O) groups is 1. The number of benzene rings is 2. The maximum Gasteiger partial charge on any atom is 0.407 e. The molecule has 2 aliphatic rings. The van der Waals surface area contributed by atoms with E-state index in [1.807, 2.05) is 44.2 Å². The molecule has 208 valence electrons. The van der Waals surface area contributed by atoms with Gasteiger partial charge in [-0.2, -0.15) is 4.31 Å². The van der Waals surface area contributed by atoms with Crippen LogP contribution in [-0.4, -0.2) is 74.8 Å². The number of ether oxygens (including phenoxy) is 3. The lowest BCUT2D eigenvalue weighted by Gasteiger charge is -2.31. The molecule has 4 rings (SSSR count). The van der Waals surface area contributed by atoms with Crippen LogP contribution in [0.5, 0.6) is 0 Å². The minimum atomic E-state index is -3.93. The van der Waals surface area contributed by atoms with Crippen molar-refractivity contribution >= 4 is 21.8 Å². The lowest BCUT2D eigenvalue weighted by Crippen LogP contribution is -2.51. The number of sulfonamides is 1. The number of aliphatic hydroxyl groups is 1. The number of anilines is 1. The fourth-order valence-electron chi connectivity index (χ4n) is 4.82. The number of amides is 1. The average molecular weight is 548 g/mol. The van der Waals surface area contributed by atoms with Crippen LogP contribution in [0.1, 0.15) is 25.8 Å². The van der Waals surface area contributed by atoms with E-state index in [9.17, 15) is 18.3 Å². The van der Waals surface area contributed by atoms with Gasteiger partial charge >= 0.3 is 6.09 Å². The summed E-state index contributed by atoms with van der Waals surface area (Å²) in [4.78, 5) is 13.0. The highest BCUT2D eigenvalue weighted by Gasteiger charge is 2.44. The summed E-state index contributed by atoms with van der Waals surface area (Å²) in [5.74, 6) is -0.0231. The van der Waals surface area contributed by atoms with Gasteiger partial charge in [-0.1, -0.05) is 44.2 Å². The van der Waals surface area contributed by atoms with Gasteiger partial charge in [0, 0.05) is 18.8 Å². The van der Waals surface area contributed by atoms with Crippen molar-refractivity contribution in [2.45, 2.75) is 56.1 Å². The number of nitrogens with one attached hydrogen (secondary N) is 1. The third kappa shape index (κ3) is 7.03. The fourth-order valence-corrected chi connectivity index (χ4v) is 6.45. The molecular formula is C27H37N3O7S. The molecule has 2 heterocycles. The highest BCUT2D eigenvalue weighted by atomic mass is 32.2. The lowest BCUT2D eigenvalue weighted by molar-refractivity contribution is -0.0907. The van der Waals surface area contributed by atoms with Gasteiger partial charge in [0.15, 0.2) is 6.29 Å². The molecule has 11 heteroatoms. The van der Waals surface area contributed by atoms with Gasteiger partial charge in [0.1, 0.15) is 6.10 Å². The van der Waals surface area contributed by atoms with Crippen molar-refractivity contribution in [1.82, 2.24) is 9.62 Å². The molecule has 2 fully saturated rings. The van der Waals surface area contributed by atoms with Gasteiger partial charge in [0.05, 0.1) is 36.2 Å². The Balaban J connectivity index is 1.51. The number of nitrogen functional groups attached to an aromatic ring is 1. The standard InChI is InChI=1S/C27H37N3O7S/c1-18(2)15-30(38(33,34)21-10-8-20(28)9-11-21)16-24(31)23(14-19-6-4-3-5-7-19)29-27(32)37-25-17-36-26-22(25)12-13-35-26/h3-11,18,22-26,31H,12-17,28H2,1-2H3,(H,29,32)/t22-,23?,24+,25-,26+/m0/s1. The molecule has 0 radical (unpaired) electrons. The minimum absolute atomic E-state index is 0.000183. The zero-order valence-electron chi connectivity index (χ0n) is 21.7. The van der Waals surface area contributed by atoms with E-state index in [-0.39, 0.29) is 49.1 Å². The number of alkyl carbamates (subject to hydrolysis) is 1. The number of nitrogens with two attached hydrogens (primary N) is 1. The Morgan fingerprint density at radius 1 is 1.13 bits per heavy atom. The fraction of sp³-hybridized carbons (Fsp3) is 0.519. The molecule has 1 unspecified atom stereocenters. The predicted octanol–water partition coefficient (Wildman–Crippen LogP) is 2.38. The van der Waals surface area contributed by atoms with E-state index in [0.717, 1.165) is 12.0 Å². The van der Waals surface area contributed by atoms with E-state index >= 15 is 0 Å². The van der Waals surface area contributed by atoms with Crippen molar-refractivity contribution in [3.05, 3.63) is 60.2 Å². The SMILES string of the molecule is CC(C)CN(C[C@@H](O)C(Cc1ccccc1)NC(=O)O[C@H]1CO[C@H]2OCC[C@H]21)S(=O)(=O)c1ccc(N)cc1. The Bertz CT molecular complexity index is 1160. The normalized spacial score (nSPS) is 22.8. The van der Waals surface area contributed by atoms with Crippen LogP contribution in [0.4, 0.5) is 10.5 Å². The second-order valence-electron chi connectivity index (χ2n) is 10.3. The van der Waals surface area contributed by atoms with Crippen LogP contribution >= 0.6 is 0 Å². The van der Waals surface area contributed by atoms with E-state index in [1.54, 1.807) is 0 Å². The van der Waals surface area contributed by atoms with Crippen molar-refractivity contribution in [3.8, 4) is 0 Å². The van der Waals surface area contributed by atoms with Crippen molar-refractivity contribution in [1.29, 1.82) is 0 Å². The number of fused-ring (bicyclic) bond motifs is 1. The predicted molar refractivity (Wildman–Crippen MR) is 142 cm³/mol. The first-order valence-electron chi connectivity index (χ1n) is 12.9. The third-order valence-corrected chi connectivity index (χ3v) is 8.63. The molecule has 2 aromatic carbocycles. The Labute approximate surface area is 224 Å². The van der Waals surface area contributed by atoms with Gasteiger partial charge in [0.25, 0.3) is 0 Å². The molecule has 0 bridgehead atoms. The molecule has 0 aliphatic carbocycles. The van der Waals surface area contributed by atoms with Crippen molar-refractivity contribution in [3.63, 3.8) is 0 Å². The third-order valence-electron chi connectivity index (χ3n) is 6.79. The average Bonchev–Trinajstić information content (AvgIpc) is 3.49. The molecule has 1 amide bonds. The summed E-state index contributed by atoms with van der Waals surface area (Å²) >= 11 is 0. The highest BCUT2D eigenvalue weighted by Crippen LogP contribution is 2.33. The van der Waals surface area contributed by atoms with Gasteiger partial charge in [-0.05, 0) is 48.6 Å². The summed E-state index contributed by atoms with van der Waals surface area (Å²) in [6.07, 6.45) is -1.69. The number of rotatable bonds is 11. The first-order chi connectivity index (χ1) is 18.1. The van der Waals surface area contributed by atoms with Crippen LogP contribution in [0.3, 0.4) is 0 Å². The summed E-state index contributed by atoms with van der Waals surface area (Å²) in [7, 11) is -3.93. The number of hydrogen-bond donors (Lipinski definition) is 3. The summed E-state index contributed by atoms with van der Waals surface area (Å²) in [5.41, 5.74) is 7.07. The van der Waals surface area contributed by atoms with E-state index in [0.29, 0.717) is 12.3 Å². The molecule has 0 saturated carbocycles. The zero-order chi connectivity index (χ0) is 27.3. The van der Waals surface area contributed by atoms with Crippen molar-refractivity contribution in [2.75, 3.05) is 32.0 Å². The van der Waals surface area contributed by atoms with Crippen LogP contribution in [0.2, 0.25) is 0 Å². The second-order valence-corrected chi connectivity index (χ2v) is 12.2. The van der Waals surface area contributed by atoms with Crippen LogP contribution in [-0.2, 0) is 30.7 Å². The summed E-state index contributed by atoms with van der Waals surface area (Å²) in [5, 5.41) is 14.1. The largest absolute Gasteiger partial charge is 0.443 e. The first-order valence-corrected chi connectivity index (χ1v) is 14.4. The molecule has 10 nitrogen and oxygen atoms in total. The van der Waals surface area contributed by atoms with E-state index in [1.165, 1.54) is 28.6 Å². The maximum absolute atomic E-state index is 13.5. The van der Waals surface area contributed by atoms with Crippen molar-refractivity contribution < 1.29 is 32.5 Å². The van der Waals surface area contributed by atoms with Gasteiger partial charge in [0.2, 0.25) is 10.0 Å². The number of aliphatic hydroxyl groups excluding tert-OH is 1. The summed E-state index contributed by atoms with van der Waals surface area (Å²) in [6.45, 7) is 4.58. The monoisotopic (exact) mass is 547 g/mol. The van der Waals surface area contributed by atoms with Gasteiger partial charge < -0.3 is 30.4 Å². The minimum Gasteiger partial charge on any atom is -0.443 e. The Hall–Kier alpha value is -2.70. The van der Waals surface area contributed by atoms with Gasteiger partial charge in [-0.3, -0.25) is 0 Å². The molecule has 2 saturated heterocycles. The quantitative estimate of drug-likeness (QED) is 0.364. The van der Waals surface area contributed by atoms with E-state index in [4.69, 9.17) is 19.9 Å². The molecule has 5 atom stereocenters. The maximum atomic E-state index is 13.5.